The molecule has 2 heteroatoms. The summed E-state index contributed by atoms with van der Waals surface area (Å²) >= 11 is 0. The number of fused-ring (bicyclic) bond motifs is 1. The fourth-order valence-electron chi connectivity index (χ4n) is 2.90. The monoisotopic (exact) mass is 276 g/mol. The molecular formula is C19H20N2. The number of aryl methyl sites for hydroxylation is 1. The van der Waals surface area contributed by atoms with E-state index in [0.717, 1.165) is 18.4 Å². The molecule has 2 N–H and O–H groups in total. The first-order valence-electron chi connectivity index (χ1n) is 7.45. The number of para-hydroxylation sites is 1. The maximum atomic E-state index is 6.47. The van der Waals surface area contributed by atoms with Gasteiger partial charge in [0, 0.05) is 17.6 Å². The second kappa shape index (κ2) is 6.06. The predicted molar refractivity (Wildman–Crippen MR) is 88.2 cm³/mol. The van der Waals surface area contributed by atoms with Crippen LogP contribution in [0, 0.1) is 0 Å². The van der Waals surface area contributed by atoms with Crippen LogP contribution >= 0.6 is 0 Å². The van der Waals surface area contributed by atoms with Crippen molar-refractivity contribution in [3.8, 4) is 0 Å². The molecule has 1 atom stereocenters. The van der Waals surface area contributed by atoms with Crippen molar-refractivity contribution in [3.63, 3.8) is 0 Å². The van der Waals surface area contributed by atoms with Gasteiger partial charge in [-0.3, -0.25) is 4.98 Å². The zero-order chi connectivity index (χ0) is 14.7. The Bertz CT molecular complexity index is 744. The minimum absolute atomic E-state index is 0.0203. The van der Waals surface area contributed by atoms with E-state index >= 15 is 0 Å². The van der Waals surface area contributed by atoms with Crippen LogP contribution in [0.25, 0.3) is 10.9 Å². The molecule has 1 aromatic heterocycles. The highest BCUT2D eigenvalue weighted by atomic mass is 14.7. The van der Waals surface area contributed by atoms with E-state index < -0.39 is 0 Å². The van der Waals surface area contributed by atoms with Crippen molar-refractivity contribution < 1.29 is 0 Å². The largest absolute Gasteiger partial charge is 0.324 e. The van der Waals surface area contributed by atoms with Crippen molar-refractivity contribution in [2.24, 2.45) is 5.73 Å². The summed E-state index contributed by atoms with van der Waals surface area (Å²) in [7, 11) is 0. The van der Waals surface area contributed by atoms with E-state index in [0.29, 0.717) is 0 Å². The molecule has 1 heterocycles. The van der Waals surface area contributed by atoms with Gasteiger partial charge < -0.3 is 5.73 Å². The molecule has 0 aliphatic carbocycles. The third kappa shape index (κ3) is 2.81. The Morgan fingerprint density at radius 3 is 2.57 bits per heavy atom. The normalized spacial score (nSPS) is 12.5. The van der Waals surface area contributed by atoms with Gasteiger partial charge in [-0.05, 0) is 41.7 Å². The molecule has 0 aliphatic rings. The van der Waals surface area contributed by atoms with E-state index in [1.807, 2.05) is 18.3 Å². The maximum absolute atomic E-state index is 6.47. The molecule has 0 radical (unpaired) electrons. The van der Waals surface area contributed by atoms with Gasteiger partial charge in [0.1, 0.15) is 0 Å². The molecule has 0 amide bonds. The molecule has 21 heavy (non-hydrogen) atoms. The van der Waals surface area contributed by atoms with Gasteiger partial charge in [0.05, 0.1) is 5.52 Å². The van der Waals surface area contributed by atoms with Crippen LogP contribution in [0.5, 0.6) is 0 Å². The predicted octanol–water partition coefficient (Wildman–Crippen LogP) is 4.04. The second-order valence-corrected chi connectivity index (χ2v) is 5.35. The van der Waals surface area contributed by atoms with Crippen LogP contribution in [0.1, 0.15) is 29.7 Å². The van der Waals surface area contributed by atoms with Gasteiger partial charge in [-0.15, -0.1) is 0 Å². The standard InChI is InChI=1S/C19H20N2/c1-2-14-7-3-4-8-16(14)18(20)13-15-11-12-21-19-10-6-5-9-17(15)19/h3-12,18H,2,13,20H2,1H3. The van der Waals surface area contributed by atoms with Gasteiger partial charge in [0.2, 0.25) is 0 Å². The Labute approximate surface area is 125 Å². The Morgan fingerprint density at radius 2 is 1.71 bits per heavy atom. The number of nitrogens with two attached hydrogens (primary N) is 1. The lowest BCUT2D eigenvalue weighted by Crippen LogP contribution is -2.15. The van der Waals surface area contributed by atoms with Crippen LogP contribution in [0.4, 0.5) is 0 Å². The van der Waals surface area contributed by atoms with Gasteiger partial charge in [-0.1, -0.05) is 49.4 Å². The zero-order valence-electron chi connectivity index (χ0n) is 12.3. The Hall–Kier alpha value is -2.19. The first kappa shape index (κ1) is 13.8. The molecule has 106 valence electrons. The SMILES string of the molecule is CCc1ccccc1C(N)Cc1ccnc2ccccc12. The first-order valence-corrected chi connectivity index (χ1v) is 7.45. The average Bonchev–Trinajstić information content (AvgIpc) is 2.55. The summed E-state index contributed by atoms with van der Waals surface area (Å²) in [6.45, 7) is 2.17. The Kier molecular flexibility index (Phi) is 3.98. The zero-order valence-corrected chi connectivity index (χ0v) is 12.3. The molecule has 0 saturated carbocycles. The van der Waals surface area contributed by atoms with Crippen molar-refractivity contribution in [1.82, 2.24) is 4.98 Å². The van der Waals surface area contributed by atoms with E-state index in [-0.39, 0.29) is 6.04 Å². The molecule has 2 nitrogen and oxygen atoms in total. The highest BCUT2D eigenvalue weighted by Gasteiger charge is 2.12. The summed E-state index contributed by atoms with van der Waals surface area (Å²) in [5.74, 6) is 0. The van der Waals surface area contributed by atoms with E-state index in [9.17, 15) is 0 Å². The topological polar surface area (TPSA) is 38.9 Å². The van der Waals surface area contributed by atoms with Crippen LogP contribution in [-0.4, -0.2) is 4.98 Å². The molecule has 0 aliphatic heterocycles. The second-order valence-electron chi connectivity index (χ2n) is 5.35. The number of rotatable bonds is 4. The van der Waals surface area contributed by atoms with Gasteiger partial charge in [0.25, 0.3) is 0 Å². The lowest BCUT2D eigenvalue weighted by atomic mass is 9.93. The highest BCUT2D eigenvalue weighted by Crippen LogP contribution is 2.24. The first-order chi connectivity index (χ1) is 10.3. The summed E-state index contributed by atoms with van der Waals surface area (Å²) < 4.78 is 0. The minimum Gasteiger partial charge on any atom is -0.324 e. The number of benzene rings is 2. The Balaban J connectivity index is 1.95. The summed E-state index contributed by atoms with van der Waals surface area (Å²) in [6.07, 6.45) is 3.72. The van der Waals surface area contributed by atoms with Gasteiger partial charge >= 0.3 is 0 Å². The molecular weight excluding hydrogens is 256 g/mol. The van der Waals surface area contributed by atoms with Crippen molar-refractivity contribution in [2.45, 2.75) is 25.8 Å². The molecule has 0 fully saturated rings. The minimum atomic E-state index is 0.0203. The van der Waals surface area contributed by atoms with E-state index in [1.54, 1.807) is 0 Å². The average molecular weight is 276 g/mol. The summed E-state index contributed by atoms with van der Waals surface area (Å²) in [5, 5.41) is 1.20. The van der Waals surface area contributed by atoms with Crippen molar-refractivity contribution in [1.29, 1.82) is 0 Å². The highest BCUT2D eigenvalue weighted by molar-refractivity contribution is 5.81. The number of hydrogen-bond donors (Lipinski definition) is 1. The van der Waals surface area contributed by atoms with E-state index in [1.165, 1.54) is 22.1 Å². The van der Waals surface area contributed by atoms with Crippen LogP contribution in [0.3, 0.4) is 0 Å². The fourth-order valence-corrected chi connectivity index (χ4v) is 2.90. The van der Waals surface area contributed by atoms with Crippen LogP contribution in [0.15, 0.2) is 60.8 Å². The fraction of sp³-hybridized carbons (Fsp3) is 0.211. The van der Waals surface area contributed by atoms with Crippen LogP contribution < -0.4 is 5.73 Å². The van der Waals surface area contributed by atoms with Crippen molar-refractivity contribution in [2.75, 3.05) is 0 Å². The van der Waals surface area contributed by atoms with Crippen LogP contribution in [0.2, 0.25) is 0 Å². The van der Waals surface area contributed by atoms with Gasteiger partial charge in [-0.25, -0.2) is 0 Å². The quantitative estimate of drug-likeness (QED) is 0.781. The van der Waals surface area contributed by atoms with Crippen molar-refractivity contribution >= 4 is 10.9 Å². The molecule has 0 saturated heterocycles. The van der Waals surface area contributed by atoms with E-state index in [2.05, 4.69) is 54.4 Å². The van der Waals surface area contributed by atoms with Gasteiger partial charge in [0.15, 0.2) is 0 Å². The summed E-state index contributed by atoms with van der Waals surface area (Å²) in [5.41, 5.74) is 11.4. The maximum Gasteiger partial charge on any atom is 0.0704 e. The molecule has 3 rings (SSSR count). The number of hydrogen-bond acceptors (Lipinski definition) is 2. The molecule has 0 bridgehead atoms. The molecule has 1 unspecified atom stereocenters. The number of pyridine rings is 1. The third-order valence-electron chi connectivity index (χ3n) is 4.01. The molecule has 0 spiro atoms. The lowest BCUT2D eigenvalue weighted by Gasteiger charge is -2.17. The summed E-state index contributed by atoms with van der Waals surface area (Å²) in [4.78, 5) is 4.41. The summed E-state index contributed by atoms with van der Waals surface area (Å²) in [6, 6.07) is 18.8. The van der Waals surface area contributed by atoms with Crippen molar-refractivity contribution in [3.05, 3.63) is 77.5 Å². The Morgan fingerprint density at radius 1 is 0.952 bits per heavy atom. The lowest BCUT2D eigenvalue weighted by molar-refractivity contribution is 0.715. The molecule has 3 aromatic rings. The molecule has 2 aromatic carbocycles. The van der Waals surface area contributed by atoms with Crippen LogP contribution in [-0.2, 0) is 12.8 Å². The number of aromatic nitrogens is 1. The van der Waals surface area contributed by atoms with Gasteiger partial charge in [-0.2, -0.15) is 0 Å². The third-order valence-corrected chi connectivity index (χ3v) is 4.01. The van der Waals surface area contributed by atoms with E-state index in [4.69, 9.17) is 5.73 Å². The smallest absolute Gasteiger partial charge is 0.0704 e. The number of nitrogens with zero attached hydrogens (tertiary/aromatic N) is 1.